The molecule has 0 amide bonds. The fraction of sp³-hybridized carbons (Fsp3) is 0.294. The quantitative estimate of drug-likeness (QED) is 0.860. The van der Waals surface area contributed by atoms with Gasteiger partial charge in [-0.05, 0) is 42.0 Å². The van der Waals surface area contributed by atoms with Gasteiger partial charge in [0.25, 0.3) is 0 Å². The van der Waals surface area contributed by atoms with Gasteiger partial charge in [0.15, 0.2) is 0 Å². The molecular formula is C17H18ClNO. The van der Waals surface area contributed by atoms with Crippen LogP contribution in [0.1, 0.15) is 30.0 Å². The number of benzene rings is 2. The van der Waals surface area contributed by atoms with Crippen LogP contribution in [0.25, 0.3) is 0 Å². The first-order valence-corrected chi connectivity index (χ1v) is 7.37. The fourth-order valence-electron chi connectivity index (χ4n) is 2.53. The lowest BCUT2D eigenvalue weighted by Crippen LogP contribution is -2.22. The van der Waals surface area contributed by atoms with E-state index in [9.17, 15) is 5.11 Å². The third-order valence-corrected chi connectivity index (χ3v) is 4.09. The SMILES string of the molecule is Oc1ccc(CNC(c2ccccc2)C2CC2)cc1Cl. The maximum absolute atomic E-state index is 9.44. The van der Waals surface area contributed by atoms with Crippen molar-refractivity contribution in [2.75, 3.05) is 0 Å². The van der Waals surface area contributed by atoms with E-state index in [1.54, 1.807) is 6.07 Å². The third kappa shape index (κ3) is 3.14. The summed E-state index contributed by atoms with van der Waals surface area (Å²) in [5.74, 6) is 0.877. The molecule has 0 heterocycles. The van der Waals surface area contributed by atoms with E-state index in [1.165, 1.54) is 18.4 Å². The molecule has 2 nitrogen and oxygen atoms in total. The van der Waals surface area contributed by atoms with Crippen molar-refractivity contribution in [3.05, 3.63) is 64.7 Å². The van der Waals surface area contributed by atoms with Gasteiger partial charge in [-0.1, -0.05) is 48.0 Å². The molecule has 104 valence electrons. The second kappa shape index (κ2) is 5.86. The predicted molar refractivity (Wildman–Crippen MR) is 81.9 cm³/mol. The van der Waals surface area contributed by atoms with Crippen LogP contribution in [0.2, 0.25) is 5.02 Å². The Morgan fingerprint density at radius 2 is 1.90 bits per heavy atom. The summed E-state index contributed by atoms with van der Waals surface area (Å²) in [7, 11) is 0. The van der Waals surface area contributed by atoms with Gasteiger partial charge < -0.3 is 10.4 Å². The van der Waals surface area contributed by atoms with Gasteiger partial charge in [-0.25, -0.2) is 0 Å². The van der Waals surface area contributed by atoms with Crippen molar-refractivity contribution in [2.24, 2.45) is 5.92 Å². The molecule has 3 heteroatoms. The summed E-state index contributed by atoms with van der Waals surface area (Å²) in [6.45, 7) is 0.760. The Morgan fingerprint density at radius 3 is 2.55 bits per heavy atom. The molecule has 20 heavy (non-hydrogen) atoms. The lowest BCUT2D eigenvalue weighted by Gasteiger charge is -2.19. The first-order chi connectivity index (χ1) is 9.74. The normalized spacial score (nSPS) is 16.1. The maximum atomic E-state index is 9.44. The van der Waals surface area contributed by atoms with Crippen LogP contribution in [0.4, 0.5) is 0 Å². The van der Waals surface area contributed by atoms with Gasteiger partial charge in [-0.2, -0.15) is 0 Å². The van der Waals surface area contributed by atoms with Gasteiger partial charge in [0.1, 0.15) is 5.75 Å². The van der Waals surface area contributed by atoms with Crippen LogP contribution in [0.5, 0.6) is 5.75 Å². The average Bonchev–Trinajstić information content (AvgIpc) is 3.29. The number of rotatable bonds is 5. The van der Waals surface area contributed by atoms with E-state index in [1.807, 2.05) is 18.2 Å². The van der Waals surface area contributed by atoms with E-state index in [0.717, 1.165) is 18.0 Å². The second-order valence-electron chi connectivity index (χ2n) is 5.39. The average molecular weight is 288 g/mol. The Kier molecular flexibility index (Phi) is 3.95. The Labute approximate surface area is 124 Å². The molecule has 1 atom stereocenters. The van der Waals surface area contributed by atoms with Gasteiger partial charge in [0.05, 0.1) is 5.02 Å². The molecule has 1 aliphatic rings. The number of phenols is 1. The van der Waals surface area contributed by atoms with Gasteiger partial charge in [0, 0.05) is 12.6 Å². The summed E-state index contributed by atoms with van der Waals surface area (Å²) < 4.78 is 0. The summed E-state index contributed by atoms with van der Waals surface area (Å²) >= 11 is 5.94. The smallest absolute Gasteiger partial charge is 0.134 e. The number of phenolic OH excluding ortho intramolecular Hbond substituents is 1. The zero-order valence-electron chi connectivity index (χ0n) is 11.2. The molecule has 2 aromatic carbocycles. The maximum Gasteiger partial charge on any atom is 0.134 e. The number of nitrogens with one attached hydrogen (secondary N) is 1. The minimum atomic E-state index is 0.136. The van der Waals surface area contributed by atoms with Gasteiger partial charge in [-0.3, -0.25) is 0 Å². The first-order valence-electron chi connectivity index (χ1n) is 7.00. The van der Waals surface area contributed by atoms with Crippen LogP contribution < -0.4 is 5.32 Å². The standard InChI is InChI=1S/C17H18ClNO/c18-15-10-12(6-9-16(15)20)11-19-17(14-7-8-14)13-4-2-1-3-5-13/h1-6,9-10,14,17,19-20H,7-8,11H2. The lowest BCUT2D eigenvalue weighted by atomic mass is 10.0. The lowest BCUT2D eigenvalue weighted by molar-refractivity contribution is 0.471. The molecule has 3 rings (SSSR count). The molecule has 0 aliphatic heterocycles. The Balaban J connectivity index is 1.70. The Hall–Kier alpha value is -1.51. The highest BCUT2D eigenvalue weighted by Gasteiger charge is 2.31. The summed E-state index contributed by atoms with van der Waals surface area (Å²) in [5.41, 5.74) is 2.44. The summed E-state index contributed by atoms with van der Waals surface area (Å²) in [5, 5.41) is 13.5. The number of hydrogen-bond acceptors (Lipinski definition) is 2. The van der Waals surface area contributed by atoms with Crippen molar-refractivity contribution in [1.82, 2.24) is 5.32 Å². The van der Waals surface area contributed by atoms with E-state index in [2.05, 4.69) is 29.6 Å². The highest BCUT2D eigenvalue weighted by molar-refractivity contribution is 6.32. The largest absolute Gasteiger partial charge is 0.506 e. The summed E-state index contributed by atoms with van der Waals surface area (Å²) in [6, 6.07) is 16.4. The molecular weight excluding hydrogens is 270 g/mol. The highest BCUT2D eigenvalue weighted by atomic mass is 35.5. The highest BCUT2D eigenvalue weighted by Crippen LogP contribution is 2.41. The summed E-state index contributed by atoms with van der Waals surface area (Å²) in [6.07, 6.45) is 2.59. The molecule has 0 spiro atoms. The second-order valence-corrected chi connectivity index (χ2v) is 5.80. The monoisotopic (exact) mass is 287 g/mol. The Morgan fingerprint density at radius 1 is 1.15 bits per heavy atom. The minimum Gasteiger partial charge on any atom is -0.506 e. The molecule has 1 fully saturated rings. The van der Waals surface area contributed by atoms with Crippen LogP contribution >= 0.6 is 11.6 Å². The van der Waals surface area contributed by atoms with Gasteiger partial charge in [0.2, 0.25) is 0 Å². The van der Waals surface area contributed by atoms with Crippen molar-refractivity contribution in [2.45, 2.75) is 25.4 Å². The van der Waals surface area contributed by atoms with Crippen LogP contribution in [-0.4, -0.2) is 5.11 Å². The van der Waals surface area contributed by atoms with Crippen LogP contribution in [-0.2, 0) is 6.54 Å². The molecule has 2 N–H and O–H groups in total. The van der Waals surface area contributed by atoms with Crippen molar-refractivity contribution < 1.29 is 5.11 Å². The first kappa shape index (κ1) is 13.5. The van der Waals surface area contributed by atoms with E-state index in [-0.39, 0.29) is 5.75 Å². The van der Waals surface area contributed by atoms with Crippen molar-refractivity contribution in [3.63, 3.8) is 0 Å². The number of halogens is 1. The molecule has 0 bridgehead atoms. The Bertz CT molecular complexity index is 581. The number of aromatic hydroxyl groups is 1. The molecule has 2 aromatic rings. The van der Waals surface area contributed by atoms with E-state index < -0.39 is 0 Å². The van der Waals surface area contributed by atoms with Gasteiger partial charge in [-0.15, -0.1) is 0 Å². The zero-order valence-corrected chi connectivity index (χ0v) is 12.0. The molecule has 0 radical (unpaired) electrons. The van der Waals surface area contributed by atoms with E-state index in [4.69, 9.17) is 11.6 Å². The predicted octanol–water partition coefficient (Wildman–Crippen LogP) is 4.29. The van der Waals surface area contributed by atoms with E-state index in [0.29, 0.717) is 11.1 Å². The number of hydrogen-bond donors (Lipinski definition) is 2. The van der Waals surface area contributed by atoms with Crippen LogP contribution in [0.15, 0.2) is 48.5 Å². The third-order valence-electron chi connectivity index (χ3n) is 3.79. The molecule has 1 aliphatic carbocycles. The van der Waals surface area contributed by atoms with Crippen molar-refractivity contribution in [1.29, 1.82) is 0 Å². The molecule has 0 saturated heterocycles. The minimum absolute atomic E-state index is 0.136. The van der Waals surface area contributed by atoms with Crippen molar-refractivity contribution in [3.8, 4) is 5.75 Å². The van der Waals surface area contributed by atoms with Crippen molar-refractivity contribution >= 4 is 11.6 Å². The topological polar surface area (TPSA) is 32.3 Å². The van der Waals surface area contributed by atoms with Crippen LogP contribution in [0, 0.1) is 5.92 Å². The van der Waals surface area contributed by atoms with Crippen LogP contribution in [0.3, 0.4) is 0 Å². The molecule has 1 saturated carbocycles. The van der Waals surface area contributed by atoms with Gasteiger partial charge >= 0.3 is 0 Å². The molecule has 1 unspecified atom stereocenters. The summed E-state index contributed by atoms with van der Waals surface area (Å²) in [4.78, 5) is 0. The zero-order chi connectivity index (χ0) is 13.9. The van der Waals surface area contributed by atoms with E-state index >= 15 is 0 Å². The molecule has 0 aromatic heterocycles. The fourth-order valence-corrected chi connectivity index (χ4v) is 2.74.